The molecular formula is C87H66Ir3N6-6. The molecule has 0 aliphatic rings. The average molecular weight is 1770 g/mol. The molecular weight excluding hydrogens is 1710 g/mol. The van der Waals surface area contributed by atoms with Gasteiger partial charge >= 0.3 is 0 Å². The molecule has 0 atom stereocenters. The SMILES string of the molecule is Cc1cc(-c2[c-]cccc2)ncc1-c1ccccc1.Cc1cccc(-c2[c-]cccc2)n1.Cc1ccnc(-c2[c-]cc(-c3ccccc3)cc2)c1.[Ir].[Ir].[Ir].[c-]1ccccc1-c1ccc(-c2ccccc2)cn1.[c-]1ccccc1-c1ccccn1.[c-]1ccccc1-c1ccccn1. The fraction of sp³-hybridized carbons (Fsp3) is 0.0345. The van der Waals surface area contributed by atoms with Crippen molar-refractivity contribution in [3.05, 3.63) is 400 Å². The van der Waals surface area contributed by atoms with Crippen molar-refractivity contribution >= 4 is 0 Å². The van der Waals surface area contributed by atoms with Crippen LogP contribution in [0.25, 0.3) is 101 Å². The van der Waals surface area contributed by atoms with Gasteiger partial charge in [0.05, 0.1) is 0 Å². The molecule has 15 aromatic rings. The van der Waals surface area contributed by atoms with E-state index in [4.69, 9.17) is 0 Å². The summed E-state index contributed by atoms with van der Waals surface area (Å²) in [5.41, 5.74) is 22.6. The molecule has 9 heteroatoms. The summed E-state index contributed by atoms with van der Waals surface area (Å²) in [6.07, 6.45) is 9.27. The van der Waals surface area contributed by atoms with Crippen LogP contribution in [0.2, 0.25) is 0 Å². The second-order valence-corrected chi connectivity index (χ2v) is 21.1. The van der Waals surface area contributed by atoms with Crippen LogP contribution in [-0.2, 0) is 60.3 Å². The van der Waals surface area contributed by atoms with Crippen molar-refractivity contribution in [2.24, 2.45) is 0 Å². The third kappa shape index (κ3) is 22.8. The van der Waals surface area contributed by atoms with Gasteiger partial charge in [-0.25, -0.2) is 0 Å². The van der Waals surface area contributed by atoms with Gasteiger partial charge < -0.3 is 29.9 Å². The molecule has 477 valence electrons. The first-order chi connectivity index (χ1) is 45.9. The Balaban J connectivity index is 0.000000163. The van der Waals surface area contributed by atoms with E-state index in [1.54, 1.807) is 12.4 Å². The Hall–Kier alpha value is -10.2. The second-order valence-electron chi connectivity index (χ2n) is 21.1. The van der Waals surface area contributed by atoms with Crippen LogP contribution in [0.15, 0.2) is 346 Å². The van der Waals surface area contributed by atoms with E-state index >= 15 is 0 Å². The van der Waals surface area contributed by atoms with Crippen LogP contribution in [0.4, 0.5) is 0 Å². The standard InChI is InChI=1S/2C18H14N.C17H12N.C12H10N.2C11H8N.3Ir/c1-14-12-18(16-10-6-3-7-11-16)19-13-17(14)15-8-4-2-5-9-15;1-14-11-12-19-18(13-14)17-9-7-16(8-10-17)15-5-3-2-4-6-15;1-3-7-14(8-4-1)16-11-12-17(18-13-16)15-9-5-2-6-10-15;1-10-6-5-9-12(13-10)11-7-3-2-4-8-11;2*1-2-6-10(7-3-1)11-8-4-5-9-12-11;;;/h2-10,12-13H,1H3;2-9,11-13H,1H3;1-9,11-13H;2-7,9H,1H3;2*1-6,8-9H;;;/q6*-1;;;. The molecule has 9 aromatic carbocycles. The van der Waals surface area contributed by atoms with E-state index < -0.39 is 0 Å². The van der Waals surface area contributed by atoms with Crippen LogP contribution >= 0.6 is 0 Å². The van der Waals surface area contributed by atoms with Crippen LogP contribution in [0.5, 0.6) is 0 Å². The van der Waals surface area contributed by atoms with Crippen molar-refractivity contribution in [1.82, 2.24) is 29.9 Å². The molecule has 0 saturated carbocycles. The number of nitrogens with zero attached hydrogens (tertiary/aromatic N) is 6. The third-order valence-corrected chi connectivity index (χ3v) is 14.3. The number of aromatic nitrogens is 6. The Morgan fingerprint density at radius 3 is 1.06 bits per heavy atom. The number of rotatable bonds is 9. The summed E-state index contributed by atoms with van der Waals surface area (Å²) < 4.78 is 0. The van der Waals surface area contributed by atoms with E-state index in [0.717, 1.165) is 78.8 Å². The minimum atomic E-state index is 0. The normalized spacial score (nSPS) is 9.78. The molecule has 6 nitrogen and oxygen atoms in total. The van der Waals surface area contributed by atoms with E-state index in [0.29, 0.717) is 0 Å². The Morgan fingerprint density at radius 1 is 0.250 bits per heavy atom. The monoisotopic (exact) mass is 1770 g/mol. The maximum absolute atomic E-state index is 4.55. The minimum Gasteiger partial charge on any atom is -0.305 e. The average Bonchev–Trinajstić information content (AvgIpc) is 1.00. The molecule has 0 saturated heterocycles. The van der Waals surface area contributed by atoms with E-state index in [1.165, 1.54) is 38.9 Å². The summed E-state index contributed by atoms with van der Waals surface area (Å²) in [6.45, 7) is 6.19. The number of aryl methyl sites for hydroxylation is 3. The first-order valence-corrected chi connectivity index (χ1v) is 30.5. The van der Waals surface area contributed by atoms with Crippen molar-refractivity contribution < 1.29 is 60.3 Å². The third-order valence-electron chi connectivity index (χ3n) is 14.3. The Labute approximate surface area is 606 Å². The summed E-state index contributed by atoms with van der Waals surface area (Å²) in [4.78, 5) is 26.3. The summed E-state index contributed by atoms with van der Waals surface area (Å²) in [6, 6.07) is 124. The predicted molar refractivity (Wildman–Crippen MR) is 382 cm³/mol. The molecule has 0 aliphatic carbocycles. The zero-order valence-corrected chi connectivity index (χ0v) is 60.3. The molecule has 0 unspecified atom stereocenters. The topological polar surface area (TPSA) is 77.3 Å². The van der Waals surface area contributed by atoms with E-state index in [1.807, 2.05) is 274 Å². The first kappa shape index (κ1) is 73.2. The van der Waals surface area contributed by atoms with Crippen molar-refractivity contribution in [3.8, 4) is 101 Å². The van der Waals surface area contributed by atoms with Gasteiger partial charge in [0.25, 0.3) is 0 Å². The molecule has 0 N–H and O–H groups in total. The molecule has 6 aromatic heterocycles. The van der Waals surface area contributed by atoms with Gasteiger partial charge in [0, 0.05) is 103 Å². The van der Waals surface area contributed by atoms with E-state index in [9.17, 15) is 0 Å². The van der Waals surface area contributed by atoms with Gasteiger partial charge in [-0.2, -0.15) is 0 Å². The summed E-state index contributed by atoms with van der Waals surface area (Å²) >= 11 is 0. The molecule has 0 aliphatic heterocycles. The molecule has 3 radical (unpaired) electrons. The second kappa shape index (κ2) is 40.2. The van der Waals surface area contributed by atoms with Gasteiger partial charge in [-0.05, 0) is 101 Å². The molecule has 0 bridgehead atoms. The maximum Gasteiger partial charge on any atom is 0.0266 e. The van der Waals surface area contributed by atoms with E-state index in [-0.39, 0.29) is 60.3 Å². The van der Waals surface area contributed by atoms with Crippen LogP contribution in [0.3, 0.4) is 0 Å². The Morgan fingerprint density at radius 2 is 0.646 bits per heavy atom. The van der Waals surface area contributed by atoms with Crippen molar-refractivity contribution in [2.45, 2.75) is 20.8 Å². The summed E-state index contributed by atoms with van der Waals surface area (Å²) in [5.74, 6) is 0. The number of pyridine rings is 6. The van der Waals surface area contributed by atoms with Gasteiger partial charge in [0.1, 0.15) is 0 Å². The van der Waals surface area contributed by atoms with Gasteiger partial charge in [-0.15, -0.1) is 209 Å². The smallest absolute Gasteiger partial charge is 0.0266 e. The van der Waals surface area contributed by atoms with E-state index in [2.05, 4.69) is 147 Å². The quantitative estimate of drug-likeness (QED) is 0.134. The zero-order valence-electron chi connectivity index (χ0n) is 53.1. The molecule has 0 spiro atoms. The molecule has 0 fully saturated rings. The van der Waals surface area contributed by atoms with Gasteiger partial charge in [-0.3, -0.25) is 0 Å². The van der Waals surface area contributed by atoms with Crippen LogP contribution in [0.1, 0.15) is 16.8 Å². The molecule has 96 heavy (non-hydrogen) atoms. The maximum atomic E-state index is 4.55. The van der Waals surface area contributed by atoms with Crippen LogP contribution in [-0.4, -0.2) is 29.9 Å². The largest absolute Gasteiger partial charge is 0.305 e. The minimum absolute atomic E-state index is 0. The fourth-order valence-electron chi connectivity index (χ4n) is 9.56. The summed E-state index contributed by atoms with van der Waals surface area (Å²) in [7, 11) is 0. The Kier molecular flexibility index (Phi) is 30.6. The van der Waals surface area contributed by atoms with Gasteiger partial charge in [0.2, 0.25) is 0 Å². The predicted octanol–water partition coefficient (Wildman–Crippen LogP) is 21.2. The van der Waals surface area contributed by atoms with Gasteiger partial charge in [-0.1, -0.05) is 168 Å². The fourth-order valence-corrected chi connectivity index (χ4v) is 9.56. The van der Waals surface area contributed by atoms with Gasteiger partial charge in [0.15, 0.2) is 0 Å². The molecule has 15 rings (SSSR count). The molecule has 0 amide bonds. The van der Waals surface area contributed by atoms with Crippen LogP contribution in [0, 0.1) is 57.2 Å². The van der Waals surface area contributed by atoms with Crippen molar-refractivity contribution in [2.75, 3.05) is 0 Å². The first-order valence-electron chi connectivity index (χ1n) is 30.5. The number of hydrogen-bond donors (Lipinski definition) is 0. The number of benzene rings is 9. The molecule has 6 heterocycles. The summed E-state index contributed by atoms with van der Waals surface area (Å²) in [5, 5.41) is 0. The zero-order chi connectivity index (χ0) is 63.9. The van der Waals surface area contributed by atoms with Crippen molar-refractivity contribution in [1.29, 1.82) is 0 Å². The van der Waals surface area contributed by atoms with Crippen LogP contribution < -0.4 is 0 Å². The Bertz CT molecular complexity index is 4360. The van der Waals surface area contributed by atoms with Crippen molar-refractivity contribution in [3.63, 3.8) is 0 Å². The number of hydrogen-bond acceptors (Lipinski definition) is 6.